The van der Waals surface area contributed by atoms with Gasteiger partial charge in [0, 0.05) is 10.3 Å². The van der Waals surface area contributed by atoms with Crippen molar-refractivity contribution in [1.29, 1.82) is 0 Å². The van der Waals surface area contributed by atoms with E-state index in [2.05, 4.69) is 9.84 Å². The third-order valence-corrected chi connectivity index (χ3v) is 5.81. The van der Waals surface area contributed by atoms with Crippen molar-refractivity contribution in [2.75, 3.05) is 0 Å². The van der Waals surface area contributed by atoms with Crippen LogP contribution in [0.3, 0.4) is 0 Å². The molecule has 1 aliphatic heterocycles. The zero-order chi connectivity index (χ0) is 16.6. The second kappa shape index (κ2) is 6.24. The van der Waals surface area contributed by atoms with E-state index in [-0.39, 0.29) is 11.5 Å². The van der Waals surface area contributed by atoms with Crippen LogP contribution in [0.4, 0.5) is 4.39 Å². The number of fused-ring (bicyclic) bond motifs is 1. The minimum atomic E-state index is -2.09. The number of alkyl halides is 1. The summed E-state index contributed by atoms with van der Waals surface area (Å²) < 4.78 is 19.5. The molecule has 2 unspecified atom stereocenters. The van der Waals surface area contributed by atoms with Crippen LogP contribution in [-0.4, -0.2) is 23.1 Å². The Bertz CT molecular complexity index is 767. The molecule has 3 rings (SSSR count). The Morgan fingerprint density at radius 3 is 2.91 bits per heavy atom. The van der Waals surface area contributed by atoms with Gasteiger partial charge in [-0.1, -0.05) is 19.4 Å². The van der Waals surface area contributed by atoms with Gasteiger partial charge in [0.25, 0.3) is 5.91 Å². The predicted octanol–water partition coefficient (Wildman–Crippen LogP) is 3.41. The lowest BCUT2D eigenvalue weighted by molar-refractivity contribution is -0.109. The topological polar surface area (TPSA) is 78.9 Å². The van der Waals surface area contributed by atoms with Crippen molar-refractivity contribution in [2.24, 2.45) is 0 Å². The SMILES string of the molecule is CCC[C@@H](C=O)NC(=O)c1cc2cc(C3(F)OP3O)ccc2s1. The summed E-state index contributed by atoms with van der Waals surface area (Å²) in [5.74, 6) is -0.319. The molecule has 2 aromatic rings. The van der Waals surface area contributed by atoms with E-state index in [9.17, 15) is 18.9 Å². The monoisotopic (exact) mass is 355 g/mol. The fraction of sp³-hybridized carbons (Fsp3) is 0.333. The van der Waals surface area contributed by atoms with Crippen LogP contribution < -0.4 is 5.32 Å². The number of rotatable bonds is 6. The normalized spacial score (nSPS) is 24.4. The molecule has 122 valence electrons. The Labute approximate surface area is 137 Å². The van der Waals surface area contributed by atoms with Gasteiger partial charge in [0.1, 0.15) is 6.29 Å². The maximum atomic E-state index is 14.1. The molecule has 0 spiro atoms. The first-order chi connectivity index (χ1) is 11.0. The number of hydrogen-bond acceptors (Lipinski definition) is 5. The Morgan fingerprint density at radius 1 is 1.57 bits per heavy atom. The summed E-state index contributed by atoms with van der Waals surface area (Å²) in [5, 5.41) is 3.38. The van der Waals surface area contributed by atoms with Gasteiger partial charge in [0.2, 0.25) is 8.38 Å². The van der Waals surface area contributed by atoms with Crippen molar-refractivity contribution in [3.05, 3.63) is 34.7 Å². The molecule has 2 N–H and O–H groups in total. The molecule has 1 aromatic carbocycles. The lowest BCUT2D eigenvalue weighted by Crippen LogP contribution is -2.35. The highest BCUT2D eigenvalue weighted by molar-refractivity contribution is 7.53. The number of nitrogens with one attached hydrogen (secondary N) is 1. The van der Waals surface area contributed by atoms with Gasteiger partial charge in [-0.2, -0.15) is 4.39 Å². The minimum absolute atomic E-state index is 0.250. The van der Waals surface area contributed by atoms with E-state index >= 15 is 0 Å². The van der Waals surface area contributed by atoms with Crippen LogP contribution in [0.25, 0.3) is 10.1 Å². The van der Waals surface area contributed by atoms with Crippen LogP contribution >= 0.6 is 19.7 Å². The Morgan fingerprint density at radius 2 is 2.30 bits per heavy atom. The smallest absolute Gasteiger partial charge is 0.309 e. The number of benzene rings is 1. The number of thiophene rings is 1. The summed E-state index contributed by atoms with van der Waals surface area (Å²) in [6, 6.07) is 5.97. The van der Waals surface area contributed by atoms with Crippen molar-refractivity contribution in [2.45, 2.75) is 31.4 Å². The zero-order valence-corrected chi connectivity index (χ0v) is 14.0. The van der Waals surface area contributed by atoms with Crippen molar-refractivity contribution in [1.82, 2.24) is 5.32 Å². The van der Waals surface area contributed by atoms with E-state index < -0.39 is 20.0 Å². The maximum absolute atomic E-state index is 14.1. The van der Waals surface area contributed by atoms with Crippen LogP contribution in [0.15, 0.2) is 24.3 Å². The minimum Gasteiger partial charge on any atom is -0.346 e. The highest BCUT2D eigenvalue weighted by Gasteiger charge is 2.61. The largest absolute Gasteiger partial charge is 0.346 e. The van der Waals surface area contributed by atoms with Crippen LogP contribution in [0.5, 0.6) is 0 Å². The van der Waals surface area contributed by atoms with Crippen LogP contribution in [0, 0.1) is 0 Å². The molecule has 1 saturated heterocycles. The standard InChI is InChI=1S/C15H15FNO4PS/c1-2-3-11(8-18)17-14(19)13-7-9-6-10(4-5-12(9)23-13)15(16)21-22(15)20/h4-8,11,20H,2-3H2,1H3,(H,17,19)/t11-,15?,22?/m0/s1. The van der Waals surface area contributed by atoms with Gasteiger partial charge in [-0.05, 0) is 30.0 Å². The fourth-order valence-corrected chi connectivity index (χ4v) is 4.04. The van der Waals surface area contributed by atoms with Gasteiger partial charge < -0.3 is 15.0 Å². The zero-order valence-electron chi connectivity index (χ0n) is 12.3. The van der Waals surface area contributed by atoms with E-state index in [0.717, 1.165) is 17.4 Å². The number of carbonyl (C=O) groups excluding carboxylic acids is 2. The second-order valence-electron chi connectivity index (χ2n) is 5.29. The lowest BCUT2D eigenvalue weighted by atomic mass is 10.1. The van der Waals surface area contributed by atoms with Crippen LogP contribution in [-0.2, 0) is 14.9 Å². The molecule has 5 nitrogen and oxygen atoms in total. The predicted molar refractivity (Wildman–Crippen MR) is 87.1 cm³/mol. The van der Waals surface area contributed by atoms with Crippen molar-refractivity contribution >= 4 is 42.0 Å². The molecule has 1 aromatic heterocycles. The second-order valence-corrected chi connectivity index (χ2v) is 7.68. The van der Waals surface area contributed by atoms with Crippen LogP contribution in [0.1, 0.15) is 35.0 Å². The Hall–Kier alpha value is -1.40. The van der Waals surface area contributed by atoms with Crippen LogP contribution in [0.2, 0.25) is 0 Å². The average molecular weight is 355 g/mol. The maximum Gasteiger partial charge on any atom is 0.309 e. The first-order valence-electron chi connectivity index (χ1n) is 7.15. The number of aldehydes is 1. The molecule has 1 amide bonds. The quantitative estimate of drug-likeness (QED) is 0.473. The van der Waals surface area contributed by atoms with Crippen molar-refractivity contribution < 1.29 is 23.4 Å². The van der Waals surface area contributed by atoms with Crippen molar-refractivity contribution in [3.8, 4) is 0 Å². The number of hydrogen-bond donors (Lipinski definition) is 2. The Kier molecular flexibility index (Phi) is 4.47. The summed E-state index contributed by atoms with van der Waals surface area (Å²) in [6.07, 6.45) is 2.11. The van der Waals surface area contributed by atoms with Gasteiger partial charge in [0.05, 0.1) is 10.9 Å². The van der Waals surface area contributed by atoms with Gasteiger partial charge >= 0.3 is 5.60 Å². The van der Waals surface area contributed by atoms with E-state index in [1.54, 1.807) is 24.3 Å². The summed E-state index contributed by atoms with van der Waals surface area (Å²) in [4.78, 5) is 32.9. The molecule has 0 aliphatic carbocycles. The third kappa shape index (κ3) is 3.15. The first kappa shape index (κ1) is 16.5. The average Bonchev–Trinajstić information content (AvgIpc) is 2.98. The number of halogens is 1. The molecule has 0 bridgehead atoms. The Balaban J connectivity index is 1.82. The molecule has 0 saturated carbocycles. The number of amides is 1. The summed E-state index contributed by atoms with van der Waals surface area (Å²) in [6.45, 7) is 1.94. The fourth-order valence-electron chi connectivity index (χ4n) is 2.33. The first-order valence-corrected chi connectivity index (χ1v) is 9.18. The van der Waals surface area contributed by atoms with E-state index in [1.807, 2.05) is 6.92 Å². The van der Waals surface area contributed by atoms with Gasteiger partial charge in [-0.3, -0.25) is 9.32 Å². The summed E-state index contributed by atoms with van der Waals surface area (Å²) in [5.41, 5.74) is -1.84. The molecule has 23 heavy (non-hydrogen) atoms. The van der Waals surface area contributed by atoms with Gasteiger partial charge in [0.15, 0.2) is 0 Å². The van der Waals surface area contributed by atoms with Gasteiger partial charge in [-0.25, -0.2) is 0 Å². The summed E-state index contributed by atoms with van der Waals surface area (Å²) >= 11 is 1.27. The molecule has 2 heterocycles. The van der Waals surface area contributed by atoms with Crippen molar-refractivity contribution in [3.63, 3.8) is 0 Å². The highest BCUT2D eigenvalue weighted by atomic mass is 32.1. The molecule has 1 fully saturated rings. The van der Waals surface area contributed by atoms with E-state index in [1.165, 1.54) is 11.3 Å². The molecule has 3 atom stereocenters. The number of carbonyl (C=O) groups is 2. The summed E-state index contributed by atoms with van der Waals surface area (Å²) in [7, 11) is -2.05. The van der Waals surface area contributed by atoms with Gasteiger partial charge in [-0.15, -0.1) is 11.3 Å². The molecular weight excluding hydrogens is 340 g/mol. The third-order valence-electron chi connectivity index (χ3n) is 3.60. The van der Waals surface area contributed by atoms with E-state index in [4.69, 9.17) is 0 Å². The molecular formula is C15H15FNO4PS. The lowest BCUT2D eigenvalue weighted by Gasteiger charge is -2.10. The highest BCUT2D eigenvalue weighted by Crippen LogP contribution is 2.74. The molecule has 0 radical (unpaired) electrons. The molecule has 1 aliphatic rings. The van der Waals surface area contributed by atoms with E-state index in [0.29, 0.717) is 16.7 Å². The molecule has 8 heteroatoms.